The highest BCUT2D eigenvalue weighted by Gasteiger charge is 2.06. The first kappa shape index (κ1) is 15.0. The van der Waals surface area contributed by atoms with Crippen molar-refractivity contribution in [2.75, 3.05) is 25.2 Å². The standard InChI is InChI=1S/C14H17N3OS2/c1-4-15-12-9-13(17-14(16-12)19-3)20-11-7-5-6-10(8-11)18-2/h5-9H,4H2,1-3H3,(H,15,16,17). The Morgan fingerprint density at radius 3 is 2.80 bits per heavy atom. The Labute approximate surface area is 127 Å². The van der Waals surface area contributed by atoms with Gasteiger partial charge in [0.15, 0.2) is 5.16 Å². The SMILES string of the molecule is CCNc1cc(Sc2cccc(OC)c2)nc(SC)n1. The third-order valence-corrected chi connectivity index (χ3v) is 3.94. The number of methoxy groups -OCH3 is 1. The Kier molecular flexibility index (Phi) is 5.55. The van der Waals surface area contributed by atoms with Gasteiger partial charge in [0.1, 0.15) is 16.6 Å². The molecule has 0 aliphatic rings. The summed E-state index contributed by atoms with van der Waals surface area (Å²) in [4.78, 5) is 10.0. The van der Waals surface area contributed by atoms with Crippen LogP contribution in [0.3, 0.4) is 0 Å². The maximum Gasteiger partial charge on any atom is 0.190 e. The fourth-order valence-corrected chi connectivity index (χ4v) is 2.91. The number of nitrogens with one attached hydrogen (secondary N) is 1. The first-order chi connectivity index (χ1) is 9.75. The smallest absolute Gasteiger partial charge is 0.190 e. The molecule has 1 heterocycles. The Balaban J connectivity index is 2.24. The van der Waals surface area contributed by atoms with E-state index in [-0.39, 0.29) is 0 Å². The lowest BCUT2D eigenvalue weighted by Crippen LogP contribution is -2.01. The molecule has 4 nitrogen and oxygen atoms in total. The second kappa shape index (κ2) is 7.40. The molecule has 1 aromatic carbocycles. The zero-order valence-electron chi connectivity index (χ0n) is 11.7. The van der Waals surface area contributed by atoms with Gasteiger partial charge in [0, 0.05) is 17.5 Å². The molecule has 20 heavy (non-hydrogen) atoms. The van der Waals surface area contributed by atoms with Crippen LogP contribution in [0, 0.1) is 0 Å². The van der Waals surface area contributed by atoms with Gasteiger partial charge in [-0.25, -0.2) is 9.97 Å². The molecule has 106 valence electrons. The fraction of sp³-hybridized carbons (Fsp3) is 0.286. The van der Waals surface area contributed by atoms with Crippen LogP contribution in [-0.2, 0) is 0 Å². The Morgan fingerprint density at radius 2 is 2.10 bits per heavy atom. The lowest BCUT2D eigenvalue weighted by atomic mass is 10.3. The molecule has 0 fully saturated rings. The zero-order valence-corrected chi connectivity index (χ0v) is 13.3. The first-order valence-electron chi connectivity index (χ1n) is 6.24. The van der Waals surface area contributed by atoms with E-state index in [1.54, 1.807) is 30.6 Å². The van der Waals surface area contributed by atoms with Gasteiger partial charge in [0.2, 0.25) is 0 Å². The molecule has 0 unspecified atom stereocenters. The van der Waals surface area contributed by atoms with Crippen LogP contribution in [0.25, 0.3) is 0 Å². The van der Waals surface area contributed by atoms with Gasteiger partial charge >= 0.3 is 0 Å². The van der Waals surface area contributed by atoms with E-state index in [9.17, 15) is 0 Å². The molecule has 1 aromatic heterocycles. The Hall–Kier alpha value is -1.40. The second-order valence-electron chi connectivity index (χ2n) is 3.89. The van der Waals surface area contributed by atoms with Crippen molar-refractivity contribution in [1.29, 1.82) is 0 Å². The predicted octanol–water partition coefficient (Wildman–Crippen LogP) is 3.79. The van der Waals surface area contributed by atoms with E-state index in [2.05, 4.69) is 22.2 Å². The summed E-state index contributed by atoms with van der Waals surface area (Å²) in [6.07, 6.45) is 1.98. The second-order valence-corrected chi connectivity index (χ2v) is 5.76. The minimum absolute atomic E-state index is 0.772. The minimum Gasteiger partial charge on any atom is -0.497 e. The van der Waals surface area contributed by atoms with E-state index in [4.69, 9.17) is 4.74 Å². The van der Waals surface area contributed by atoms with Gasteiger partial charge in [-0.2, -0.15) is 0 Å². The fourth-order valence-electron chi connectivity index (χ4n) is 1.60. The summed E-state index contributed by atoms with van der Waals surface area (Å²) < 4.78 is 5.24. The van der Waals surface area contributed by atoms with E-state index in [1.165, 1.54) is 0 Å². The van der Waals surface area contributed by atoms with Gasteiger partial charge in [0.25, 0.3) is 0 Å². The van der Waals surface area contributed by atoms with Crippen LogP contribution in [0.2, 0.25) is 0 Å². The van der Waals surface area contributed by atoms with Crippen LogP contribution in [-0.4, -0.2) is 29.9 Å². The number of thioether (sulfide) groups is 1. The lowest BCUT2D eigenvalue weighted by Gasteiger charge is -2.08. The molecular weight excluding hydrogens is 290 g/mol. The summed E-state index contributed by atoms with van der Waals surface area (Å²) in [5, 5.41) is 4.93. The summed E-state index contributed by atoms with van der Waals surface area (Å²) >= 11 is 3.14. The van der Waals surface area contributed by atoms with E-state index in [0.29, 0.717) is 0 Å². The number of ether oxygens (including phenoxy) is 1. The average molecular weight is 307 g/mol. The number of benzene rings is 1. The Bertz CT molecular complexity index is 578. The van der Waals surface area contributed by atoms with Crippen LogP contribution in [0.4, 0.5) is 5.82 Å². The molecular formula is C14H17N3OS2. The van der Waals surface area contributed by atoms with Gasteiger partial charge in [-0.15, -0.1) is 0 Å². The van der Waals surface area contributed by atoms with Crippen LogP contribution in [0.1, 0.15) is 6.92 Å². The lowest BCUT2D eigenvalue weighted by molar-refractivity contribution is 0.413. The van der Waals surface area contributed by atoms with Crippen molar-refractivity contribution in [2.24, 2.45) is 0 Å². The molecule has 1 N–H and O–H groups in total. The summed E-state index contributed by atoms with van der Waals surface area (Å²) in [5.74, 6) is 1.71. The highest BCUT2D eigenvalue weighted by atomic mass is 32.2. The van der Waals surface area contributed by atoms with Crippen LogP contribution in [0.5, 0.6) is 5.75 Å². The van der Waals surface area contributed by atoms with Crippen LogP contribution >= 0.6 is 23.5 Å². The molecule has 0 aliphatic carbocycles. The number of hydrogen-bond acceptors (Lipinski definition) is 6. The van der Waals surface area contributed by atoms with E-state index >= 15 is 0 Å². The van der Waals surface area contributed by atoms with Crippen molar-refractivity contribution in [3.05, 3.63) is 30.3 Å². The third-order valence-electron chi connectivity index (χ3n) is 2.49. The largest absolute Gasteiger partial charge is 0.497 e. The molecule has 0 aliphatic heterocycles. The molecule has 2 aromatic rings. The number of nitrogens with zero attached hydrogens (tertiary/aromatic N) is 2. The van der Waals surface area contributed by atoms with Crippen molar-refractivity contribution in [3.8, 4) is 5.75 Å². The molecule has 2 rings (SSSR count). The summed E-state index contributed by atoms with van der Waals surface area (Å²) in [7, 11) is 1.67. The molecule has 0 saturated carbocycles. The zero-order chi connectivity index (χ0) is 14.4. The number of anilines is 1. The van der Waals surface area contributed by atoms with E-state index in [1.807, 2.05) is 36.6 Å². The molecule has 0 spiro atoms. The molecule has 0 radical (unpaired) electrons. The normalized spacial score (nSPS) is 10.3. The maximum atomic E-state index is 5.24. The predicted molar refractivity (Wildman–Crippen MR) is 85.1 cm³/mol. The average Bonchev–Trinajstić information content (AvgIpc) is 2.47. The number of rotatable bonds is 6. The number of hydrogen-bond donors (Lipinski definition) is 1. The summed E-state index contributed by atoms with van der Waals surface area (Å²) in [5.41, 5.74) is 0. The van der Waals surface area contributed by atoms with E-state index in [0.717, 1.165) is 33.2 Å². The van der Waals surface area contributed by atoms with Crippen molar-refractivity contribution in [3.63, 3.8) is 0 Å². The van der Waals surface area contributed by atoms with Crippen LogP contribution < -0.4 is 10.1 Å². The van der Waals surface area contributed by atoms with Gasteiger partial charge in [-0.05, 0) is 31.4 Å². The molecule has 0 atom stereocenters. The topological polar surface area (TPSA) is 47.0 Å². The third kappa shape index (κ3) is 4.05. The first-order valence-corrected chi connectivity index (χ1v) is 8.28. The summed E-state index contributed by atoms with van der Waals surface area (Å²) in [6, 6.07) is 9.91. The monoisotopic (exact) mass is 307 g/mol. The van der Waals surface area contributed by atoms with Gasteiger partial charge in [0.05, 0.1) is 7.11 Å². The number of aromatic nitrogens is 2. The molecule has 0 bridgehead atoms. The van der Waals surface area contributed by atoms with Gasteiger partial charge in [-0.1, -0.05) is 29.6 Å². The quantitative estimate of drug-likeness (QED) is 0.498. The van der Waals surface area contributed by atoms with E-state index < -0.39 is 0 Å². The van der Waals surface area contributed by atoms with Crippen molar-refractivity contribution < 1.29 is 4.74 Å². The van der Waals surface area contributed by atoms with Gasteiger partial charge in [-0.3, -0.25) is 0 Å². The van der Waals surface area contributed by atoms with Crippen LogP contribution in [0.15, 0.2) is 45.4 Å². The van der Waals surface area contributed by atoms with Crippen molar-refractivity contribution in [2.45, 2.75) is 22.0 Å². The molecule has 0 saturated heterocycles. The van der Waals surface area contributed by atoms with Crippen molar-refractivity contribution in [1.82, 2.24) is 9.97 Å². The Morgan fingerprint density at radius 1 is 1.25 bits per heavy atom. The molecule has 0 amide bonds. The highest BCUT2D eigenvalue weighted by molar-refractivity contribution is 7.99. The summed E-state index contributed by atoms with van der Waals surface area (Å²) in [6.45, 7) is 2.89. The maximum absolute atomic E-state index is 5.24. The molecule has 6 heteroatoms. The minimum atomic E-state index is 0.772. The van der Waals surface area contributed by atoms with Gasteiger partial charge < -0.3 is 10.1 Å². The van der Waals surface area contributed by atoms with Crippen molar-refractivity contribution >= 4 is 29.3 Å². The highest BCUT2D eigenvalue weighted by Crippen LogP contribution is 2.30.